The zero-order chi connectivity index (χ0) is 27.4. The Morgan fingerprint density at radius 3 is 2.62 bits per heavy atom. The van der Waals surface area contributed by atoms with E-state index in [0.717, 1.165) is 22.6 Å². The minimum atomic E-state index is -0.453. The van der Waals surface area contributed by atoms with Crippen LogP contribution in [0, 0.1) is 12.3 Å². The summed E-state index contributed by atoms with van der Waals surface area (Å²) < 4.78 is 18.1. The van der Waals surface area contributed by atoms with Gasteiger partial charge in [0.2, 0.25) is 0 Å². The number of ether oxygens (including phenoxy) is 3. The fourth-order valence-electron chi connectivity index (χ4n) is 4.17. The molecule has 2 aliphatic rings. The Balaban J connectivity index is 1.30. The Morgan fingerprint density at radius 1 is 1.05 bits per heavy atom. The van der Waals surface area contributed by atoms with Crippen molar-refractivity contribution in [3.05, 3.63) is 98.9 Å². The number of methoxy groups -OCH3 is 1. The molecular formula is C30H26BrN3O4S. The first kappa shape index (κ1) is 26.8. The minimum absolute atomic E-state index is 0.0779. The van der Waals surface area contributed by atoms with Crippen LogP contribution in [0.15, 0.2) is 87.2 Å². The Hall–Kier alpha value is -3.82. The number of halogens is 1. The highest BCUT2D eigenvalue weighted by molar-refractivity contribution is 9.10. The van der Waals surface area contributed by atoms with Gasteiger partial charge < -0.3 is 14.2 Å². The number of rotatable bonds is 9. The topological polar surface area (TPSA) is 84.2 Å². The molecule has 1 N–H and O–H groups in total. The van der Waals surface area contributed by atoms with E-state index in [-0.39, 0.29) is 11.4 Å². The highest BCUT2D eigenvalue weighted by Crippen LogP contribution is 2.39. The van der Waals surface area contributed by atoms with Crippen molar-refractivity contribution < 1.29 is 19.0 Å². The lowest BCUT2D eigenvalue weighted by molar-refractivity contribution is -0.114. The third-order valence-electron chi connectivity index (χ3n) is 6.04. The second-order valence-corrected chi connectivity index (χ2v) is 10.5. The van der Waals surface area contributed by atoms with E-state index in [9.17, 15) is 4.79 Å². The average Bonchev–Trinajstić information content (AvgIpc) is 3.36. The van der Waals surface area contributed by atoms with Crippen molar-refractivity contribution in [2.75, 3.05) is 20.3 Å². The van der Waals surface area contributed by atoms with Gasteiger partial charge >= 0.3 is 0 Å². The van der Waals surface area contributed by atoms with Gasteiger partial charge in [0.1, 0.15) is 11.6 Å². The number of aliphatic imine (C=N–C) groups is 1. The van der Waals surface area contributed by atoms with Crippen LogP contribution in [-0.4, -0.2) is 42.1 Å². The van der Waals surface area contributed by atoms with Gasteiger partial charge in [-0.3, -0.25) is 15.1 Å². The van der Waals surface area contributed by atoms with Gasteiger partial charge in [-0.25, -0.2) is 0 Å². The number of nitrogens with zero attached hydrogens (tertiary/aromatic N) is 2. The van der Waals surface area contributed by atoms with E-state index in [1.807, 2.05) is 73.0 Å². The van der Waals surface area contributed by atoms with Crippen LogP contribution >= 0.6 is 27.7 Å². The predicted molar refractivity (Wildman–Crippen MR) is 159 cm³/mol. The molecule has 3 aromatic carbocycles. The average molecular weight is 605 g/mol. The van der Waals surface area contributed by atoms with Crippen LogP contribution in [0.25, 0.3) is 11.8 Å². The molecule has 0 saturated carbocycles. The molecule has 0 aromatic heterocycles. The zero-order valence-corrected chi connectivity index (χ0v) is 23.8. The number of amidine groups is 2. The van der Waals surface area contributed by atoms with E-state index in [1.54, 1.807) is 24.2 Å². The van der Waals surface area contributed by atoms with Crippen molar-refractivity contribution in [1.29, 1.82) is 5.41 Å². The predicted octanol–water partition coefficient (Wildman–Crippen LogP) is 6.92. The van der Waals surface area contributed by atoms with Crippen molar-refractivity contribution in [3.8, 4) is 17.2 Å². The number of carbonyl (C=O) groups excluding carboxylic acids is 1. The number of carbonyl (C=O) groups is 1. The molecule has 2 heterocycles. The number of aryl methyl sites for hydroxylation is 1. The van der Waals surface area contributed by atoms with Crippen LogP contribution in [0.3, 0.4) is 0 Å². The molecule has 1 amide bonds. The molecule has 0 spiro atoms. The third-order valence-corrected chi connectivity index (χ3v) is 7.45. The SMILES string of the molecule is COc1cc(/C=C2/C(=N)N3C(c4ccccc4)=CSC3=NC2=O)cc(Br)c1OCCCOc1cccc(C)c1. The molecule has 198 valence electrons. The second-order valence-electron chi connectivity index (χ2n) is 8.83. The Kier molecular flexibility index (Phi) is 8.18. The van der Waals surface area contributed by atoms with Gasteiger partial charge in [0.15, 0.2) is 16.7 Å². The number of fused-ring (bicyclic) bond motifs is 1. The first-order valence-electron chi connectivity index (χ1n) is 12.3. The summed E-state index contributed by atoms with van der Waals surface area (Å²) in [7, 11) is 1.56. The molecule has 0 radical (unpaired) electrons. The molecule has 5 rings (SSSR count). The van der Waals surface area contributed by atoms with Crippen molar-refractivity contribution >= 4 is 56.4 Å². The number of nitrogens with one attached hydrogen (secondary N) is 1. The maximum absolute atomic E-state index is 12.9. The largest absolute Gasteiger partial charge is 0.493 e. The molecule has 0 unspecified atom stereocenters. The zero-order valence-electron chi connectivity index (χ0n) is 21.4. The summed E-state index contributed by atoms with van der Waals surface area (Å²) in [5.74, 6) is 1.53. The molecule has 0 atom stereocenters. The van der Waals surface area contributed by atoms with Crippen molar-refractivity contribution in [3.63, 3.8) is 0 Å². The summed E-state index contributed by atoms with van der Waals surface area (Å²) in [6.07, 6.45) is 2.34. The maximum Gasteiger partial charge on any atom is 0.283 e. The number of thioether (sulfide) groups is 1. The van der Waals surface area contributed by atoms with Gasteiger partial charge in [-0.2, -0.15) is 4.99 Å². The molecule has 0 fully saturated rings. The molecule has 0 saturated heterocycles. The quantitative estimate of drug-likeness (QED) is 0.211. The summed E-state index contributed by atoms with van der Waals surface area (Å²) in [6.45, 7) is 2.99. The highest BCUT2D eigenvalue weighted by atomic mass is 79.9. The van der Waals surface area contributed by atoms with Gasteiger partial charge in [0.25, 0.3) is 5.91 Å². The van der Waals surface area contributed by atoms with Crippen molar-refractivity contribution in [1.82, 2.24) is 4.90 Å². The van der Waals surface area contributed by atoms with E-state index in [0.29, 0.717) is 46.3 Å². The van der Waals surface area contributed by atoms with Crippen molar-refractivity contribution in [2.45, 2.75) is 13.3 Å². The first-order valence-corrected chi connectivity index (χ1v) is 14.0. The van der Waals surface area contributed by atoms with Gasteiger partial charge in [-0.15, -0.1) is 0 Å². The van der Waals surface area contributed by atoms with E-state index in [4.69, 9.17) is 19.6 Å². The minimum Gasteiger partial charge on any atom is -0.493 e. The Labute approximate surface area is 239 Å². The first-order chi connectivity index (χ1) is 18.9. The second kappa shape index (κ2) is 11.9. The van der Waals surface area contributed by atoms with Gasteiger partial charge in [-0.05, 0) is 69.9 Å². The van der Waals surface area contributed by atoms with Crippen LogP contribution < -0.4 is 14.2 Å². The number of amides is 1. The smallest absolute Gasteiger partial charge is 0.283 e. The third kappa shape index (κ3) is 5.94. The molecule has 3 aromatic rings. The number of benzene rings is 3. The van der Waals surface area contributed by atoms with E-state index >= 15 is 0 Å². The fraction of sp³-hybridized carbons (Fsp3) is 0.167. The van der Waals surface area contributed by atoms with E-state index in [1.165, 1.54) is 11.8 Å². The van der Waals surface area contributed by atoms with Gasteiger partial charge in [-0.1, -0.05) is 54.2 Å². The molecule has 0 bridgehead atoms. The Bertz CT molecular complexity index is 1520. The lowest BCUT2D eigenvalue weighted by Crippen LogP contribution is -2.38. The van der Waals surface area contributed by atoms with Crippen LogP contribution in [0.1, 0.15) is 23.1 Å². The Morgan fingerprint density at radius 2 is 1.85 bits per heavy atom. The van der Waals surface area contributed by atoms with Crippen molar-refractivity contribution in [2.24, 2.45) is 4.99 Å². The molecule has 39 heavy (non-hydrogen) atoms. The number of hydrogen-bond acceptors (Lipinski definition) is 6. The van der Waals surface area contributed by atoms with E-state index in [2.05, 4.69) is 20.9 Å². The monoisotopic (exact) mass is 603 g/mol. The normalized spacial score (nSPS) is 15.7. The van der Waals surface area contributed by atoms with Crippen LogP contribution in [-0.2, 0) is 4.79 Å². The summed E-state index contributed by atoms with van der Waals surface area (Å²) in [4.78, 5) is 18.8. The number of hydrogen-bond donors (Lipinski definition) is 1. The molecule has 2 aliphatic heterocycles. The summed E-state index contributed by atoms with van der Waals surface area (Å²) in [5, 5.41) is 11.2. The van der Waals surface area contributed by atoms with Crippen LogP contribution in [0.4, 0.5) is 0 Å². The lowest BCUT2D eigenvalue weighted by atomic mass is 10.1. The van der Waals surface area contributed by atoms with Crippen LogP contribution in [0.2, 0.25) is 0 Å². The van der Waals surface area contributed by atoms with E-state index < -0.39 is 5.91 Å². The van der Waals surface area contributed by atoms with Gasteiger partial charge in [0, 0.05) is 11.8 Å². The summed E-state index contributed by atoms with van der Waals surface area (Å²) in [5.41, 5.74) is 3.79. The molecular weight excluding hydrogens is 578 g/mol. The van der Waals surface area contributed by atoms with Gasteiger partial charge in [0.05, 0.1) is 36.1 Å². The highest BCUT2D eigenvalue weighted by Gasteiger charge is 2.36. The summed E-state index contributed by atoms with van der Waals surface area (Å²) >= 11 is 4.92. The maximum atomic E-state index is 12.9. The summed E-state index contributed by atoms with van der Waals surface area (Å²) in [6, 6.07) is 21.3. The molecule has 7 nitrogen and oxygen atoms in total. The standard InChI is InChI=1S/C30H26BrN3O4S/c1-19-8-6-11-22(14-19)37-12-7-13-38-27-24(31)16-20(17-26(27)36-2)15-23-28(32)34-25(21-9-4-3-5-10-21)18-39-30(34)33-29(23)35/h3-6,8-11,14-18,32H,7,12-13H2,1-2H3/b23-15-,32-28?. The van der Waals surface area contributed by atoms with Crippen LogP contribution in [0.5, 0.6) is 17.2 Å². The molecule has 0 aliphatic carbocycles. The fourth-order valence-corrected chi connectivity index (χ4v) is 5.64. The lowest BCUT2D eigenvalue weighted by Gasteiger charge is -2.27. The molecule has 9 heteroatoms.